The fraction of sp³-hybridized carbons (Fsp3) is 0.333. The number of halogens is 3. The number of aromatic nitrogens is 2. The van der Waals surface area contributed by atoms with E-state index in [9.17, 15) is 13.6 Å². The van der Waals surface area contributed by atoms with E-state index in [-0.39, 0.29) is 12.0 Å². The summed E-state index contributed by atoms with van der Waals surface area (Å²) in [7, 11) is 0. The highest BCUT2D eigenvalue weighted by atomic mass is 79.9. The van der Waals surface area contributed by atoms with Crippen molar-refractivity contribution < 1.29 is 13.6 Å². The van der Waals surface area contributed by atoms with Crippen molar-refractivity contribution in [2.75, 3.05) is 0 Å². The van der Waals surface area contributed by atoms with Gasteiger partial charge in [-0.2, -0.15) is 5.10 Å². The van der Waals surface area contributed by atoms with Crippen LogP contribution in [0, 0.1) is 25.5 Å². The Bertz CT molecular complexity index is 710. The summed E-state index contributed by atoms with van der Waals surface area (Å²) < 4.78 is 30.1. The Kier molecular flexibility index (Phi) is 4.56. The number of rotatable bonds is 4. The predicted octanol–water partition coefficient (Wildman–Crippen LogP) is 3.99. The van der Waals surface area contributed by atoms with Crippen LogP contribution in [-0.4, -0.2) is 15.6 Å². The van der Waals surface area contributed by atoms with Gasteiger partial charge in [0, 0.05) is 6.54 Å². The van der Waals surface area contributed by atoms with Crippen LogP contribution in [0.1, 0.15) is 34.2 Å². The quantitative estimate of drug-likeness (QED) is 0.776. The van der Waals surface area contributed by atoms with Crippen molar-refractivity contribution >= 4 is 21.7 Å². The first kappa shape index (κ1) is 15.8. The second kappa shape index (κ2) is 6.05. The fourth-order valence-electron chi connectivity index (χ4n) is 2.19. The molecular weight excluding hydrogens is 342 g/mol. The number of carbonyl (C=O) groups is 1. The molecular formula is C15H15BrF2N2O. The Morgan fingerprint density at radius 2 is 2.00 bits per heavy atom. The largest absolute Gasteiger partial charge is 0.294 e. The van der Waals surface area contributed by atoms with Gasteiger partial charge in [-0.05, 0) is 48.3 Å². The molecule has 1 heterocycles. The predicted molar refractivity (Wildman–Crippen MR) is 79.5 cm³/mol. The van der Waals surface area contributed by atoms with Crippen LogP contribution >= 0.6 is 15.9 Å². The van der Waals surface area contributed by atoms with Crippen molar-refractivity contribution in [1.82, 2.24) is 9.78 Å². The number of aryl methyl sites for hydroxylation is 3. The SMILES string of the molecule is CCn1nc(C)c(Br)c1CC(=O)c1c(F)ccc(C)c1F. The van der Waals surface area contributed by atoms with E-state index in [4.69, 9.17) is 0 Å². The number of nitrogens with zero attached hydrogens (tertiary/aromatic N) is 2. The lowest BCUT2D eigenvalue weighted by Crippen LogP contribution is -2.14. The summed E-state index contributed by atoms with van der Waals surface area (Å²) in [5.74, 6) is -2.22. The maximum Gasteiger partial charge on any atom is 0.174 e. The lowest BCUT2D eigenvalue weighted by Gasteiger charge is -2.08. The molecule has 0 fully saturated rings. The third-order valence-electron chi connectivity index (χ3n) is 3.34. The maximum absolute atomic E-state index is 14.0. The maximum atomic E-state index is 14.0. The van der Waals surface area contributed by atoms with Gasteiger partial charge in [0.05, 0.1) is 27.8 Å². The minimum atomic E-state index is -0.835. The van der Waals surface area contributed by atoms with Crippen LogP contribution in [0.15, 0.2) is 16.6 Å². The fourth-order valence-corrected chi connectivity index (χ4v) is 2.61. The summed E-state index contributed by atoms with van der Waals surface area (Å²) >= 11 is 3.37. The third kappa shape index (κ3) is 2.90. The molecule has 0 aliphatic carbocycles. The molecule has 2 rings (SSSR count). The number of Topliss-reactive ketones (excluding diaryl/α,β-unsaturated/α-hetero) is 1. The summed E-state index contributed by atoms with van der Waals surface area (Å²) in [5.41, 5.74) is 1.13. The normalized spacial score (nSPS) is 11.0. The Labute approximate surface area is 130 Å². The molecule has 0 atom stereocenters. The van der Waals surface area contributed by atoms with Crippen LogP contribution in [0.5, 0.6) is 0 Å². The number of carbonyl (C=O) groups excluding carboxylic acids is 1. The van der Waals surface area contributed by atoms with Gasteiger partial charge in [0.25, 0.3) is 0 Å². The molecule has 0 spiro atoms. The molecule has 21 heavy (non-hydrogen) atoms. The zero-order valence-electron chi connectivity index (χ0n) is 12.0. The smallest absolute Gasteiger partial charge is 0.174 e. The van der Waals surface area contributed by atoms with E-state index in [1.54, 1.807) is 11.6 Å². The molecule has 0 unspecified atom stereocenters. The summed E-state index contributed by atoms with van der Waals surface area (Å²) in [6, 6.07) is 2.43. The molecule has 2 aromatic rings. The highest BCUT2D eigenvalue weighted by Crippen LogP contribution is 2.24. The molecule has 0 N–H and O–H groups in total. The first-order chi connectivity index (χ1) is 9.86. The topological polar surface area (TPSA) is 34.9 Å². The minimum absolute atomic E-state index is 0.105. The molecule has 112 valence electrons. The summed E-state index contributed by atoms with van der Waals surface area (Å²) in [5, 5.41) is 4.27. The lowest BCUT2D eigenvalue weighted by atomic mass is 10.0. The van der Waals surface area contributed by atoms with E-state index in [0.717, 1.165) is 11.8 Å². The standard InChI is InChI=1S/C15H15BrF2N2O/c1-4-20-11(14(16)9(3)19-20)7-12(21)13-10(17)6-5-8(2)15(13)18/h5-6H,4,7H2,1-3H3. The molecule has 1 aromatic heterocycles. The van der Waals surface area contributed by atoms with Crippen LogP contribution in [0.4, 0.5) is 8.78 Å². The van der Waals surface area contributed by atoms with E-state index in [1.165, 1.54) is 13.0 Å². The Hall–Kier alpha value is -1.56. The number of ketones is 1. The van der Waals surface area contributed by atoms with E-state index < -0.39 is 23.0 Å². The molecule has 1 aromatic carbocycles. The lowest BCUT2D eigenvalue weighted by molar-refractivity contribution is 0.0982. The van der Waals surface area contributed by atoms with Crippen LogP contribution in [0.3, 0.4) is 0 Å². The Morgan fingerprint density at radius 3 is 2.62 bits per heavy atom. The van der Waals surface area contributed by atoms with Crippen molar-refractivity contribution in [3.8, 4) is 0 Å². The average Bonchev–Trinajstić information content (AvgIpc) is 2.71. The minimum Gasteiger partial charge on any atom is -0.294 e. The van der Waals surface area contributed by atoms with Crippen LogP contribution < -0.4 is 0 Å². The zero-order valence-corrected chi connectivity index (χ0v) is 13.6. The van der Waals surface area contributed by atoms with E-state index in [1.807, 2.05) is 6.92 Å². The van der Waals surface area contributed by atoms with Gasteiger partial charge in [0.1, 0.15) is 11.6 Å². The summed E-state index contributed by atoms with van der Waals surface area (Å²) in [6.07, 6.45) is -0.105. The van der Waals surface area contributed by atoms with Gasteiger partial charge in [-0.15, -0.1) is 0 Å². The van der Waals surface area contributed by atoms with Crippen LogP contribution in [0.25, 0.3) is 0 Å². The highest BCUT2D eigenvalue weighted by Gasteiger charge is 2.22. The average molecular weight is 357 g/mol. The first-order valence-corrected chi connectivity index (χ1v) is 7.35. The van der Waals surface area contributed by atoms with Crippen molar-refractivity contribution in [3.63, 3.8) is 0 Å². The van der Waals surface area contributed by atoms with E-state index in [0.29, 0.717) is 16.7 Å². The molecule has 6 heteroatoms. The molecule has 0 saturated carbocycles. The van der Waals surface area contributed by atoms with Gasteiger partial charge in [0.15, 0.2) is 5.78 Å². The number of benzene rings is 1. The monoisotopic (exact) mass is 356 g/mol. The van der Waals surface area contributed by atoms with E-state index >= 15 is 0 Å². The van der Waals surface area contributed by atoms with Gasteiger partial charge in [0.2, 0.25) is 0 Å². The van der Waals surface area contributed by atoms with Crippen molar-refractivity contribution in [2.24, 2.45) is 0 Å². The molecule has 0 aliphatic heterocycles. The number of hydrogen-bond acceptors (Lipinski definition) is 2. The molecule has 3 nitrogen and oxygen atoms in total. The van der Waals surface area contributed by atoms with Crippen LogP contribution in [0.2, 0.25) is 0 Å². The Morgan fingerprint density at radius 1 is 1.33 bits per heavy atom. The summed E-state index contributed by atoms with van der Waals surface area (Å²) in [6.45, 7) is 5.77. The molecule has 0 bridgehead atoms. The Balaban J connectivity index is 2.42. The third-order valence-corrected chi connectivity index (χ3v) is 4.38. The van der Waals surface area contributed by atoms with Crippen molar-refractivity contribution in [3.05, 3.63) is 50.8 Å². The van der Waals surface area contributed by atoms with Gasteiger partial charge in [-0.3, -0.25) is 9.48 Å². The molecule has 0 amide bonds. The highest BCUT2D eigenvalue weighted by molar-refractivity contribution is 9.10. The van der Waals surface area contributed by atoms with E-state index in [2.05, 4.69) is 21.0 Å². The molecule has 0 radical (unpaired) electrons. The second-order valence-electron chi connectivity index (χ2n) is 4.82. The summed E-state index contributed by atoms with van der Waals surface area (Å²) in [4.78, 5) is 12.3. The van der Waals surface area contributed by atoms with Crippen molar-refractivity contribution in [1.29, 1.82) is 0 Å². The molecule has 0 saturated heterocycles. The van der Waals surface area contributed by atoms with Gasteiger partial charge in [-0.25, -0.2) is 8.78 Å². The van der Waals surface area contributed by atoms with Crippen molar-refractivity contribution in [2.45, 2.75) is 33.7 Å². The zero-order chi connectivity index (χ0) is 15.7. The molecule has 0 aliphatic rings. The first-order valence-electron chi connectivity index (χ1n) is 6.56. The van der Waals surface area contributed by atoms with Gasteiger partial charge < -0.3 is 0 Å². The second-order valence-corrected chi connectivity index (χ2v) is 5.61. The van der Waals surface area contributed by atoms with Gasteiger partial charge in [-0.1, -0.05) is 6.07 Å². The van der Waals surface area contributed by atoms with Crippen LogP contribution in [-0.2, 0) is 13.0 Å². The van der Waals surface area contributed by atoms with Gasteiger partial charge >= 0.3 is 0 Å². The number of hydrogen-bond donors (Lipinski definition) is 0.